The molecule has 2 N–H and O–H groups in total. The SMILES string of the molecule is COCOc1ccc(-c2ccc3c(c2)CCCC3OC(N)=O)cc1. The van der Waals surface area contributed by atoms with Gasteiger partial charge in [0.05, 0.1) is 0 Å². The molecule has 0 saturated heterocycles. The summed E-state index contributed by atoms with van der Waals surface area (Å²) >= 11 is 0. The van der Waals surface area contributed by atoms with Gasteiger partial charge in [-0.05, 0) is 53.6 Å². The quantitative estimate of drug-likeness (QED) is 0.848. The third-order valence-electron chi connectivity index (χ3n) is 4.19. The fraction of sp³-hybridized carbons (Fsp3) is 0.316. The number of hydrogen-bond acceptors (Lipinski definition) is 4. The fourth-order valence-electron chi connectivity index (χ4n) is 3.08. The Bertz CT molecular complexity index is 712. The number of fused-ring (bicyclic) bond motifs is 1. The average Bonchev–Trinajstić information content (AvgIpc) is 2.60. The highest BCUT2D eigenvalue weighted by atomic mass is 16.7. The highest BCUT2D eigenvalue weighted by molar-refractivity contribution is 5.67. The molecule has 3 rings (SSSR count). The maximum Gasteiger partial charge on any atom is 0.405 e. The van der Waals surface area contributed by atoms with Crippen molar-refractivity contribution >= 4 is 6.09 Å². The topological polar surface area (TPSA) is 70.8 Å². The van der Waals surface area contributed by atoms with Gasteiger partial charge in [-0.2, -0.15) is 0 Å². The lowest BCUT2D eigenvalue weighted by atomic mass is 9.87. The maximum absolute atomic E-state index is 11.1. The van der Waals surface area contributed by atoms with Gasteiger partial charge in [-0.3, -0.25) is 0 Å². The highest BCUT2D eigenvalue weighted by Gasteiger charge is 2.23. The summed E-state index contributed by atoms with van der Waals surface area (Å²) in [6.45, 7) is 0.236. The molecule has 0 fully saturated rings. The third kappa shape index (κ3) is 3.68. The van der Waals surface area contributed by atoms with Crippen LogP contribution in [-0.4, -0.2) is 20.0 Å². The summed E-state index contributed by atoms with van der Waals surface area (Å²) in [5.41, 5.74) is 9.68. The number of ether oxygens (including phenoxy) is 3. The van der Waals surface area contributed by atoms with Gasteiger partial charge in [-0.15, -0.1) is 0 Å². The zero-order valence-corrected chi connectivity index (χ0v) is 13.7. The predicted molar refractivity (Wildman–Crippen MR) is 90.7 cm³/mol. The van der Waals surface area contributed by atoms with Gasteiger partial charge in [0.25, 0.3) is 0 Å². The van der Waals surface area contributed by atoms with Gasteiger partial charge in [0.15, 0.2) is 6.79 Å². The molecule has 126 valence electrons. The second-order valence-electron chi connectivity index (χ2n) is 5.81. The van der Waals surface area contributed by atoms with Gasteiger partial charge in [-0.25, -0.2) is 4.79 Å². The number of rotatable bonds is 5. The summed E-state index contributed by atoms with van der Waals surface area (Å²) in [4.78, 5) is 11.1. The van der Waals surface area contributed by atoms with Crippen LogP contribution in [0.5, 0.6) is 5.75 Å². The van der Waals surface area contributed by atoms with Gasteiger partial charge >= 0.3 is 6.09 Å². The molecule has 0 saturated carbocycles. The minimum absolute atomic E-state index is 0.231. The molecule has 0 heterocycles. The monoisotopic (exact) mass is 327 g/mol. The molecular formula is C19H21NO4. The van der Waals surface area contributed by atoms with Gasteiger partial charge in [-0.1, -0.05) is 30.3 Å². The van der Waals surface area contributed by atoms with Crippen molar-refractivity contribution in [3.8, 4) is 16.9 Å². The molecule has 1 aliphatic rings. The van der Waals surface area contributed by atoms with Crippen molar-refractivity contribution in [2.45, 2.75) is 25.4 Å². The minimum Gasteiger partial charge on any atom is -0.468 e. The molecule has 0 spiro atoms. The molecule has 2 aromatic carbocycles. The normalized spacial score (nSPS) is 16.3. The second-order valence-corrected chi connectivity index (χ2v) is 5.81. The molecule has 5 heteroatoms. The van der Waals surface area contributed by atoms with Gasteiger partial charge in [0, 0.05) is 7.11 Å². The van der Waals surface area contributed by atoms with E-state index < -0.39 is 6.09 Å². The first-order valence-electron chi connectivity index (χ1n) is 7.98. The number of methoxy groups -OCH3 is 1. The molecule has 5 nitrogen and oxygen atoms in total. The fourth-order valence-corrected chi connectivity index (χ4v) is 3.08. The Labute approximate surface area is 141 Å². The number of amides is 1. The maximum atomic E-state index is 11.1. The van der Waals surface area contributed by atoms with Crippen molar-refractivity contribution in [1.29, 1.82) is 0 Å². The van der Waals surface area contributed by atoms with Crippen LogP contribution in [0.1, 0.15) is 30.1 Å². The van der Waals surface area contributed by atoms with E-state index in [4.69, 9.17) is 19.9 Å². The summed E-state index contributed by atoms with van der Waals surface area (Å²) in [5, 5.41) is 0. The summed E-state index contributed by atoms with van der Waals surface area (Å²) in [6, 6.07) is 14.1. The number of carbonyl (C=O) groups is 1. The molecule has 1 unspecified atom stereocenters. The molecule has 0 aliphatic heterocycles. The smallest absolute Gasteiger partial charge is 0.405 e. The van der Waals surface area contributed by atoms with Crippen molar-refractivity contribution in [3.05, 3.63) is 53.6 Å². The molecule has 2 aromatic rings. The number of hydrogen-bond donors (Lipinski definition) is 1. The number of benzene rings is 2. The summed E-state index contributed by atoms with van der Waals surface area (Å²) in [6.07, 6.45) is 1.84. The van der Waals surface area contributed by atoms with Crippen LogP contribution in [0.2, 0.25) is 0 Å². The van der Waals surface area contributed by atoms with Gasteiger partial charge < -0.3 is 19.9 Å². The lowest BCUT2D eigenvalue weighted by Gasteiger charge is -2.25. The van der Waals surface area contributed by atoms with Crippen LogP contribution in [-0.2, 0) is 15.9 Å². The van der Waals surface area contributed by atoms with Crippen LogP contribution in [0.3, 0.4) is 0 Å². The second kappa shape index (κ2) is 7.36. The van der Waals surface area contributed by atoms with E-state index in [0.29, 0.717) is 0 Å². The predicted octanol–water partition coefficient (Wildman–Crippen LogP) is 3.81. The largest absolute Gasteiger partial charge is 0.468 e. The van der Waals surface area contributed by atoms with Crippen LogP contribution in [0, 0.1) is 0 Å². The number of primary amides is 1. The minimum atomic E-state index is -0.719. The Hall–Kier alpha value is -2.53. The molecule has 1 atom stereocenters. The summed E-state index contributed by atoms with van der Waals surface area (Å²) in [7, 11) is 1.59. The van der Waals surface area contributed by atoms with E-state index >= 15 is 0 Å². The number of nitrogens with two attached hydrogens (primary N) is 1. The Balaban J connectivity index is 1.81. The van der Waals surface area contributed by atoms with Crippen molar-refractivity contribution in [2.75, 3.05) is 13.9 Å². The Kier molecular flexibility index (Phi) is 5.01. The Morgan fingerprint density at radius 2 is 1.92 bits per heavy atom. The van der Waals surface area contributed by atoms with E-state index in [1.54, 1.807) is 7.11 Å². The average molecular weight is 327 g/mol. The first-order valence-corrected chi connectivity index (χ1v) is 7.98. The summed E-state index contributed by atoms with van der Waals surface area (Å²) in [5.74, 6) is 0.772. The van der Waals surface area contributed by atoms with Crippen LogP contribution in [0.25, 0.3) is 11.1 Å². The van der Waals surface area contributed by atoms with Crippen molar-refractivity contribution in [1.82, 2.24) is 0 Å². The molecule has 0 aromatic heterocycles. The number of aryl methyl sites for hydroxylation is 1. The zero-order valence-electron chi connectivity index (χ0n) is 13.7. The molecule has 0 radical (unpaired) electrons. The van der Waals surface area contributed by atoms with Crippen LogP contribution in [0.15, 0.2) is 42.5 Å². The van der Waals surface area contributed by atoms with Gasteiger partial charge in [0.2, 0.25) is 0 Å². The molecule has 1 aliphatic carbocycles. The number of carbonyl (C=O) groups excluding carboxylic acids is 1. The van der Waals surface area contributed by atoms with E-state index in [2.05, 4.69) is 6.07 Å². The first kappa shape index (κ1) is 16.3. The van der Waals surface area contributed by atoms with E-state index in [1.807, 2.05) is 36.4 Å². The molecule has 1 amide bonds. The lowest BCUT2D eigenvalue weighted by Crippen LogP contribution is -2.20. The Morgan fingerprint density at radius 3 is 2.62 bits per heavy atom. The molecular weight excluding hydrogens is 306 g/mol. The van der Waals surface area contributed by atoms with E-state index in [-0.39, 0.29) is 12.9 Å². The van der Waals surface area contributed by atoms with E-state index in [0.717, 1.165) is 41.7 Å². The standard InChI is InChI=1S/C19H21NO4/c1-22-12-23-16-8-5-13(6-9-16)14-7-10-17-15(11-14)3-2-4-18(17)24-19(20)21/h5-11,18H,2-4,12H2,1H3,(H2,20,21). The van der Waals surface area contributed by atoms with Crippen molar-refractivity contribution < 1.29 is 19.0 Å². The third-order valence-corrected chi connectivity index (χ3v) is 4.19. The first-order chi connectivity index (χ1) is 11.7. The van der Waals surface area contributed by atoms with E-state index in [1.165, 1.54) is 5.56 Å². The Morgan fingerprint density at radius 1 is 1.17 bits per heavy atom. The van der Waals surface area contributed by atoms with Crippen molar-refractivity contribution in [3.63, 3.8) is 0 Å². The van der Waals surface area contributed by atoms with Gasteiger partial charge in [0.1, 0.15) is 11.9 Å². The highest BCUT2D eigenvalue weighted by Crippen LogP contribution is 2.35. The van der Waals surface area contributed by atoms with E-state index in [9.17, 15) is 4.79 Å². The summed E-state index contributed by atoms with van der Waals surface area (Å²) < 4.78 is 15.5. The zero-order chi connectivity index (χ0) is 16.9. The van der Waals surface area contributed by atoms with Crippen LogP contribution >= 0.6 is 0 Å². The van der Waals surface area contributed by atoms with Crippen LogP contribution in [0.4, 0.5) is 4.79 Å². The lowest BCUT2D eigenvalue weighted by molar-refractivity contribution is 0.0511. The van der Waals surface area contributed by atoms with Crippen LogP contribution < -0.4 is 10.5 Å². The molecule has 0 bridgehead atoms. The molecule has 24 heavy (non-hydrogen) atoms. The van der Waals surface area contributed by atoms with Crippen molar-refractivity contribution in [2.24, 2.45) is 5.73 Å².